The molecule has 10 heteroatoms. The third kappa shape index (κ3) is 4.15. The second-order valence-corrected chi connectivity index (χ2v) is 5.15. The van der Waals surface area contributed by atoms with Crippen molar-refractivity contribution in [3.05, 3.63) is 60.4 Å². The molecule has 1 amide bonds. The molecule has 26 heavy (non-hydrogen) atoms. The number of carbonyl (C=O) groups excluding carboxylic acids is 1. The molecule has 0 aliphatic heterocycles. The van der Waals surface area contributed by atoms with E-state index in [0.29, 0.717) is 17.5 Å². The molecule has 0 aliphatic rings. The summed E-state index contributed by atoms with van der Waals surface area (Å²) in [5.41, 5.74) is 0.292. The second kappa shape index (κ2) is 6.82. The first-order valence-electron chi connectivity index (χ1n) is 7.31. The van der Waals surface area contributed by atoms with E-state index in [4.69, 9.17) is 0 Å². The Hall–Kier alpha value is -3.43. The summed E-state index contributed by atoms with van der Waals surface area (Å²) in [7, 11) is 0. The van der Waals surface area contributed by atoms with Gasteiger partial charge in [0.25, 0.3) is 5.91 Å². The van der Waals surface area contributed by atoms with Crippen LogP contribution >= 0.6 is 0 Å². The van der Waals surface area contributed by atoms with Crippen molar-refractivity contribution in [3.63, 3.8) is 0 Å². The zero-order chi connectivity index (χ0) is 18.7. The van der Waals surface area contributed by atoms with Crippen molar-refractivity contribution in [2.45, 2.75) is 13.3 Å². The number of carbonyl (C=O) groups is 1. The predicted octanol–water partition coefficient (Wildman–Crippen LogP) is 3.12. The van der Waals surface area contributed by atoms with E-state index >= 15 is 0 Å². The lowest BCUT2D eigenvalue weighted by Crippen LogP contribution is -2.18. The van der Waals surface area contributed by atoms with Gasteiger partial charge in [-0.05, 0) is 25.1 Å². The predicted molar refractivity (Wildman–Crippen MR) is 85.0 cm³/mol. The Morgan fingerprint density at radius 1 is 1.19 bits per heavy atom. The van der Waals surface area contributed by atoms with E-state index in [1.54, 1.807) is 23.9 Å². The summed E-state index contributed by atoms with van der Waals surface area (Å²) in [5.74, 6) is -0.0260. The molecule has 3 aromatic rings. The summed E-state index contributed by atoms with van der Waals surface area (Å²) < 4.78 is 42.2. The van der Waals surface area contributed by atoms with Crippen LogP contribution < -0.4 is 10.1 Å². The van der Waals surface area contributed by atoms with Crippen molar-refractivity contribution in [3.8, 4) is 11.7 Å². The van der Waals surface area contributed by atoms with Gasteiger partial charge in [-0.25, -0.2) is 15.0 Å². The van der Waals surface area contributed by atoms with Gasteiger partial charge in [0.15, 0.2) is 0 Å². The number of hydrogen-bond donors (Lipinski definition) is 1. The SMILES string of the molecule is Cc1nccn1-c1ncc(NC(=O)c2cccc(OC(F)(F)F)c2)cn1. The van der Waals surface area contributed by atoms with Crippen LogP contribution in [0.25, 0.3) is 5.95 Å². The quantitative estimate of drug-likeness (QED) is 0.770. The number of halogens is 3. The number of amides is 1. The number of anilines is 1. The molecule has 0 saturated heterocycles. The van der Waals surface area contributed by atoms with E-state index in [-0.39, 0.29) is 5.56 Å². The van der Waals surface area contributed by atoms with Crippen molar-refractivity contribution in [2.75, 3.05) is 5.32 Å². The molecule has 0 spiro atoms. The first-order chi connectivity index (χ1) is 12.3. The van der Waals surface area contributed by atoms with Gasteiger partial charge < -0.3 is 10.1 Å². The number of ether oxygens (including phenoxy) is 1. The number of aromatic nitrogens is 4. The maximum Gasteiger partial charge on any atom is 0.573 e. The summed E-state index contributed by atoms with van der Waals surface area (Å²) in [5, 5.41) is 2.51. The molecule has 2 heterocycles. The maximum absolute atomic E-state index is 12.3. The average Bonchev–Trinajstić information content (AvgIpc) is 3.00. The Kier molecular flexibility index (Phi) is 4.57. The van der Waals surface area contributed by atoms with Gasteiger partial charge in [0.05, 0.1) is 18.1 Å². The van der Waals surface area contributed by atoms with Gasteiger partial charge >= 0.3 is 6.36 Å². The van der Waals surface area contributed by atoms with Crippen LogP contribution in [0.1, 0.15) is 16.2 Å². The molecule has 3 rings (SSSR count). The maximum atomic E-state index is 12.3. The van der Waals surface area contributed by atoms with Crippen LogP contribution in [-0.2, 0) is 0 Å². The number of rotatable bonds is 4. The van der Waals surface area contributed by atoms with Gasteiger partial charge in [-0.2, -0.15) is 0 Å². The van der Waals surface area contributed by atoms with Crippen molar-refractivity contribution < 1.29 is 22.7 Å². The highest BCUT2D eigenvalue weighted by Crippen LogP contribution is 2.23. The first-order valence-corrected chi connectivity index (χ1v) is 7.31. The number of nitrogens with one attached hydrogen (secondary N) is 1. The highest BCUT2D eigenvalue weighted by Gasteiger charge is 2.31. The van der Waals surface area contributed by atoms with Gasteiger partial charge in [0, 0.05) is 18.0 Å². The summed E-state index contributed by atoms with van der Waals surface area (Å²) in [6, 6.07) is 4.75. The smallest absolute Gasteiger partial charge is 0.406 e. The molecule has 2 aromatic heterocycles. The van der Waals surface area contributed by atoms with Crippen molar-refractivity contribution >= 4 is 11.6 Å². The summed E-state index contributed by atoms with van der Waals surface area (Å²) >= 11 is 0. The lowest BCUT2D eigenvalue weighted by Gasteiger charge is -2.10. The third-order valence-corrected chi connectivity index (χ3v) is 3.27. The summed E-state index contributed by atoms with van der Waals surface area (Å²) in [6.07, 6.45) is 1.23. The van der Waals surface area contributed by atoms with Crippen LogP contribution in [0.4, 0.5) is 18.9 Å². The highest BCUT2D eigenvalue weighted by atomic mass is 19.4. The van der Waals surface area contributed by atoms with Crippen LogP contribution in [0.5, 0.6) is 5.75 Å². The van der Waals surface area contributed by atoms with Gasteiger partial charge in [0.2, 0.25) is 5.95 Å². The number of nitrogens with zero attached hydrogens (tertiary/aromatic N) is 4. The lowest BCUT2D eigenvalue weighted by molar-refractivity contribution is -0.274. The summed E-state index contributed by atoms with van der Waals surface area (Å²) in [6.45, 7) is 1.79. The number of hydrogen-bond acceptors (Lipinski definition) is 5. The number of alkyl halides is 3. The van der Waals surface area contributed by atoms with Crippen LogP contribution in [0.3, 0.4) is 0 Å². The van der Waals surface area contributed by atoms with E-state index in [0.717, 1.165) is 12.1 Å². The molecular weight excluding hydrogens is 351 g/mol. The topological polar surface area (TPSA) is 81.9 Å². The van der Waals surface area contributed by atoms with Crippen molar-refractivity contribution in [1.29, 1.82) is 0 Å². The van der Waals surface area contributed by atoms with Gasteiger partial charge in [0.1, 0.15) is 11.6 Å². The molecule has 134 valence electrons. The van der Waals surface area contributed by atoms with Crippen LogP contribution in [-0.4, -0.2) is 31.8 Å². The normalized spacial score (nSPS) is 11.2. The molecule has 0 radical (unpaired) electrons. The van der Waals surface area contributed by atoms with E-state index in [1.807, 2.05) is 0 Å². The molecule has 7 nitrogen and oxygen atoms in total. The zero-order valence-corrected chi connectivity index (χ0v) is 13.4. The minimum absolute atomic E-state index is 0.00119. The molecule has 0 aliphatic carbocycles. The minimum Gasteiger partial charge on any atom is -0.406 e. The number of benzene rings is 1. The minimum atomic E-state index is -4.83. The molecule has 0 fully saturated rings. The average molecular weight is 363 g/mol. The Bertz CT molecular complexity index is 922. The van der Waals surface area contributed by atoms with E-state index in [2.05, 4.69) is 25.0 Å². The fraction of sp³-hybridized carbons (Fsp3) is 0.125. The standard InChI is InChI=1S/C16H12F3N5O2/c1-10-20-5-6-24(10)15-21-8-12(9-22-15)23-14(25)11-3-2-4-13(7-11)26-16(17,18)19/h2-9H,1H3,(H,23,25). The van der Waals surface area contributed by atoms with E-state index in [9.17, 15) is 18.0 Å². The van der Waals surface area contributed by atoms with Crippen LogP contribution in [0.2, 0.25) is 0 Å². The van der Waals surface area contributed by atoms with Gasteiger partial charge in [-0.1, -0.05) is 6.07 Å². The van der Waals surface area contributed by atoms with E-state index in [1.165, 1.54) is 24.5 Å². The summed E-state index contributed by atoms with van der Waals surface area (Å²) in [4.78, 5) is 24.5. The van der Waals surface area contributed by atoms with Gasteiger partial charge in [-0.15, -0.1) is 13.2 Å². The molecule has 1 aromatic carbocycles. The third-order valence-electron chi connectivity index (χ3n) is 3.27. The Morgan fingerprint density at radius 3 is 2.54 bits per heavy atom. The van der Waals surface area contributed by atoms with E-state index < -0.39 is 18.0 Å². The number of imidazole rings is 1. The molecule has 0 bridgehead atoms. The zero-order valence-electron chi connectivity index (χ0n) is 13.4. The Balaban J connectivity index is 1.72. The highest BCUT2D eigenvalue weighted by molar-refractivity contribution is 6.04. The Labute approximate surface area is 145 Å². The lowest BCUT2D eigenvalue weighted by atomic mass is 10.2. The largest absolute Gasteiger partial charge is 0.573 e. The fourth-order valence-electron chi connectivity index (χ4n) is 2.14. The molecule has 0 unspecified atom stereocenters. The molecule has 0 saturated carbocycles. The van der Waals surface area contributed by atoms with Crippen LogP contribution in [0.15, 0.2) is 49.1 Å². The second-order valence-electron chi connectivity index (χ2n) is 5.15. The Morgan fingerprint density at radius 2 is 1.92 bits per heavy atom. The van der Waals surface area contributed by atoms with Crippen molar-refractivity contribution in [2.24, 2.45) is 0 Å². The first kappa shape index (κ1) is 17.4. The fourth-order valence-corrected chi connectivity index (χ4v) is 2.14. The monoisotopic (exact) mass is 363 g/mol. The molecule has 1 N–H and O–H groups in total. The molecule has 0 atom stereocenters. The van der Waals surface area contributed by atoms with Crippen molar-refractivity contribution in [1.82, 2.24) is 19.5 Å². The molecular formula is C16H12F3N5O2. The van der Waals surface area contributed by atoms with Crippen LogP contribution in [0, 0.1) is 6.92 Å². The van der Waals surface area contributed by atoms with Gasteiger partial charge in [-0.3, -0.25) is 9.36 Å². The number of aryl methyl sites for hydroxylation is 1.